The molecular formula is C17H28BrNO2. The Morgan fingerprint density at radius 3 is 2.62 bits per heavy atom. The van der Waals surface area contributed by atoms with Gasteiger partial charge in [-0.25, -0.2) is 0 Å². The molecule has 0 aliphatic heterocycles. The molecule has 0 aliphatic carbocycles. The van der Waals surface area contributed by atoms with Crippen molar-refractivity contribution in [3.63, 3.8) is 0 Å². The number of rotatable bonds is 11. The van der Waals surface area contributed by atoms with Gasteiger partial charge in [0, 0.05) is 12.6 Å². The molecule has 0 saturated heterocycles. The van der Waals surface area contributed by atoms with E-state index in [-0.39, 0.29) is 0 Å². The minimum Gasteiger partial charge on any atom is -0.490 e. The Balaban J connectivity index is 2.39. The second kappa shape index (κ2) is 11.0. The molecule has 1 aromatic rings. The van der Waals surface area contributed by atoms with E-state index in [0.29, 0.717) is 19.3 Å². The Morgan fingerprint density at radius 2 is 1.95 bits per heavy atom. The smallest absolute Gasteiger partial charge is 0.133 e. The highest BCUT2D eigenvalue weighted by Crippen LogP contribution is 2.28. The van der Waals surface area contributed by atoms with Crippen LogP contribution in [0.15, 0.2) is 22.7 Å². The summed E-state index contributed by atoms with van der Waals surface area (Å²) in [5.74, 6) is 0.875. The first kappa shape index (κ1) is 18.5. The number of hydrogen-bond acceptors (Lipinski definition) is 3. The van der Waals surface area contributed by atoms with Crippen molar-refractivity contribution < 1.29 is 9.47 Å². The predicted octanol–water partition coefficient (Wildman–Crippen LogP) is 4.71. The molecule has 1 atom stereocenters. The zero-order chi connectivity index (χ0) is 15.5. The van der Waals surface area contributed by atoms with Gasteiger partial charge in [-0.3, -0.25) is 0 Å². The van der Waals surface area contributed by atoms with Gasteiger partial charge in [-0.2, -0.15) is 0 Å². The monoisotopic (exact) mass is 357 g/mol. The van der Waals surface area contributed by atoms with Gasteiger partial charge < -0.3 is 14.8 Å². The number of hydrogen-bond donors (Lipinski definition) is 1. The van der Waals surface area contributed by atoms with Gasteiger partial charge in [-0.1, -0.05) is 26.3 Å². The molecule has 0 radical (unpaired) electrons. The molecule has 1 unspecified atom stereocenters. The van der Waals surface area contributed by atoms with E-state index in [0.717, 1.165) is 42.6 Å². The van der Waals surface area contributed by atoms with Crippen molar-refractivity contribution in [2.45, 2.75) is 46.1 Å². The highest BCUT2D eigenvalue weighted by atomic mass is 79.9. The van der Waals surface area contributed by atoms with E-state index in [1.165, 1.54) is 5.56 Å². The van der Waals surface area contributed by atoms with Crippen molar-refractivity contribution in [2.75, 3.05) is 26.4 Å². The van der Waals surface area contributed by atoms with Gasteiger partial charge >= 0.3 is 0 Å². The molecular weight excluding hydrogens is 330 g/mol. The van der Waals surface area contributed by atoms with E-state index in [4.69, 9.17) is 9.47 Å². The number of ether oxygens (including phenoxy) is 2. The van der Waals surface area contributed by atoms with Crippen molar-refractivity contribution >= 4 is 15.9 Å². The molecule has 4 heteroatoms. The number of halogens is 1. The van der Waals surface area contributed by atoms with E-state index < -0.39 is 0 Å². The molecule has 3 nitrogen and oxygen atoms in total. The van der Waals surface area contributed by atoms with Gasteiger partial charge in [0.25, 0.3) is 0 Å². The maximum Gasteiger partial charge on any atom is 0.133 e. The average Bonchev–Trinajstić information content (AvgIpc) is 2.49. The lowest BCUT2D eigenvalue weighted by molar-refractivity contribution is 0.0978. The minimum absolute atomic E-state index is 0.354. The Kier molecular flexibility index (Phi) is 9.72. The van der Waals surface area contributed by atoms with Crippen molar-refractivity contribution in [3.05, 3.63) is 28.2 Å². The zero-order valence-electron chi connectivity index (χ0n) is 13.5. The summed E-state index contributed by atoms with van der Waals surface area (Å²) in [6, 6.07) is 6.62. The second-order valence-corrected chi connectivity index (χ2v) is 6.03. The van der Waals surface area contributed by atoms with Crippen molar-refractivity contribution in [1.29, 1.82) is 0 Å². The van der Waals surface area contributed by atoms with Crippen LogP contribution >= 0.6 is 15.9 Å². The topological polar surface area (TPSA) is 30.5 Å². The van der Waals surface area contributed by atoms with Crippen molar-refractivity contribution in [2.24, 2.45) is 0 Å². The largest absolute Gasteiger partial charge is 0.490 e. The van der Waals surface area contributed by atoms with Crippen molar-refractivity contribution in [3.8, 4) is 5.75 Å². The van der Waals surface area contributed by atoms with Gasteiger partial charge in [0.15, 0.2) is 0 Å². The van der Waals surface area contributed by atoms with Crippen LogP contribution in [0.1, 0.15) is 51.6 Å². The summed E-state index contributed by atoms with van der Waals surface area (Å²) < 4.78 is 12.2. The summed E-state index contributed by atoms with van der Waals surface area (Å²) in [5.41, 5.74) is 1.27. The number of unbranched alkanes of at least 4 members (excludes halogenated alkanes) is 1. The zero-order valence-corrected chi connectivity index (χ0v) is 15.0. The third-order valence-corrected chi connectivity index (χ3v) is 3.90. The quantitative estimate of drug-likeness (QED) is 0.582. The van der Waals surface area contributed by atoms with Crippen LogP contribution in [0.5, 0.6) is 5.75 Å². The van der Waals surface area contributed by atoms with E-state index in [1.807, 2.05) is 6.07 Å². The number of benzene rings is 1. The van der Waals surface area contributed by atoms with Gasteiger partial charge in [0.05, 0.1) is 11.1 Å². The molecule has 0 aliphatic rings. The normalized spacial score (nSPS) is 12.4. The van der Waals surface area contributed by atoms with Crippen LogP contribution in [-0.4, -0.2) is 26.4 Å². The fourth-order valence-electron chi connectivity index (χ4n) is 1.94. The van der Waals surface area contributed by atoms with Gasteiger partial charge in [0.1, 0.15) is 12.4 Å². The Morgan fingerprint density at radius 1 is 1.14 bits per heavy atom. The van der Waals surface area contributed by atoms with Crippen LogP contribution in [-0.2, 0) is 4.74 Å². The summed E-state index contributed by atoms with van der Waals surface area (Å²) in [7, 11) is 0. The SMILES string of the molecule is CCCCOCCOc1ccc(C(C)NCCC)cc1Br. The first-order valence-electron chi connectivity index (χ1n) is 7.92. The molecule has 0 heterocycles. The summed E-state index contributed by atoms with van der Waals surface area (Å²) in [4.78, 5) is 0. The first-order chi connectivity index (χ1) is 10.2. The van der Waals surface area contributed by atoms with E-state index >= 15 is 0 Å². The molecule has 0 spiro atoms. The van der Waals surface area contributed by atoms with Gasteiger partial charge in [-0.15, -0.1) is 0 Å². The van der Waals surface area contributed by atoms with E-state index in [1.54, 1.807) is 0 Å². The van der Waals surface area contributed by atoms with Crippen LogP contribution in [0.2, 0.25) is 0 Å². The third-order valence-electron chi connectivity index (χ3n) is 3.28. The van der Waals surface area contributed by atoms with Gasteiger partial charge in [-0.05, 0) is 59.9 Å². The van der Waals surface area contributed by atoms with Crippen LogP contribution in [0.4, 0.5) is 0 Å². The fraction of sp³-hybridized carbons (Fsp3) is 0.647. The van der Waals surface area contributed by atoms with E-state index in [9.17, 15) is 0 Å². The molecule has 120 valence electrons. The molecule has 21 heavy (non-hydrogen) atoms. The summed E-state index contributed by atoms with van der Waals surface area (Å²) in [5, 5.41) is 3.49. The second-order valence-electron chi connectivity index (χ2n) is 5.18. The first-order valence-corrected chi connectivity index (χ1v) is 8.71. The number of nitrogens with one attached hydrogen (secondary N) is 1. The Labute approximate surface area is 137 Å². The predicted molar refractivity (Wildman–Crippen MR) is 92.1 cm³/mol. The molecule has 0 amide bonds. The summed E-state index contributed by atoms with van der Waals surface area (Å²) in [6.07, 6.45) is 3.42. The third kappa shape index (κ3) is 7.30. The molecule has 1 N–H and O–H groups in total. The molecule has 1 aromatic carbocycles. The summed E-state index contributed by atoms with van der Waals surface area (Å²) in [6.45, 7) is 9.60. The highest BCUT2D eigenvalue weighted by molar-refractivity contribution is 9.10. The fourth-order valence-corrected chi connectivity index (χ4v) is 2.45. The molecule has 1 rings (SSSR count). The molecule has 0 saturated carbocycles. The Bertz CT molecular complexity index is 398. The average molecular weight is 358 g/mol. The lowest BCUT2D eigenvalue weighted by atomic mass is 10.1. The van der Waals surface area contributed by atoms with Gasteiger partial charge in [0.2, 0.25) is 0 Å². The standard InChI is InChI=1S/C17H28BrNO2/c1-4-6-10-20-11-12-21-17-8-7-15(13-16(17)18)14(3)19-9-5-2/h7-8,13-14,19H,4-6,9-12H2,1-3H3. The molecule has 0 fully saturated rings. The molecule has 0 bridgehead atoms. The van der Waals surface area contributed by atoms with Crippen LogP contribution < -0.4 is 10.1 Å². The lowest BCUT2D eigenvalue weighted by Gasteiger charge is -2.15. The lowest BCUT2D eigenvalue weighted by Crippen LogP contribution is -2.19. The Hall–Kier alpha value is -0.580. The maximum absolute atomic E-state index is 5.74. The maximum atomic E-state index is 5.74. The van der Waals surface area contributed by atoms with Crippen LogP contribution in [0.3, 0.4) is 0 Å². The highest BCUT2D eigenvalue weighted by Gasteiger charge is 2.08. The van der Waals surface area contributed by atoms with Crippen LogP contribution in [0, 0.1) is 0 Å². The van der Waals surface area contributed by atoms with Crippen LogP contribution in [0.25, 0.3) is 0 Å². The van der Waals surface area contributed by atoms with E-state index in [2.05, 4.69) is 54.2 Å². The minimum atomic E-state index is 0.354. The van der Waals surface area contributed by atoms with Crippen molar-refractivity contribution in [1.82, 2.24) is 5.32 Å². The summed E-state index contributed by atoms with van der Waals surface area (Å²) >= 11 is 3.58. The molecule has 0 aromatic heterocycles.